The van der Waals surface area contributed by atoms with Crippen LogP contribution in [0.4, 0.5) is 5.82 Å². The van der Waals surface area contributed by atoms with Gasteiger partial charge in [-0.2, -0.15) is 0 Å². The van der Waals surface area contributed by atoms with E-state index in [1.807, 2.05) is 30.3 Å². The van der Waals surface area contributed by atoms with E-state index in [2.05, 4.69) is 22.8 Å². The Morgan fingerprint density at radius 2 is 2.00 bits per heavy atom. The molecule has 1 aliphatic carbocycles. The number of hydrogen-bond acceptors (Lipinski definition) is 5. The van der Waals surface area contributed by atoms with Crippen molar-refractivity contribution in [2.24, 2.45) is 5.92 Å². The van der Waals surface area contributed by atoms with E-state index in [0.717, 1.165) is 55.7 Å². The number of hydrogen-bond donors (Lipinski definition) is 3. The largest absolute Gasteiger partial charge is 0.480 e. The fourth-order valence-corrected chi connectivity index (χ4v) is 4.71. The van der Waals surface area contributed by atoms with Crippen molar-refractivity contribution in [3.8, 4) is 0 Å². The van der Waals surface area contributed by atoms with Gasteiger partial charge >= 0.3 is 5.97 Å². The molecule has 2 heterocycles. The number of fused-ring (bicyclic) bond motifs is 1. The van der Waals surface area contributed by atoms with Crippen LogP contribution in [-0.4, -0.2) is 47.3 Å². The minimum atomic E-state index is -1.03. The Hall–Kier alpha value is -2.93. The van der Waals surface area contributed by atoms with Crippen molar-refractivity contribution in [1.29, 1.82) is 0 Å². The van der Waals surface area contributed by atoms with Gasteiger partial charge in [-0.25, -0.2) is 9.78 Å². The molecule has 0 unspecified atom stereocenters. The SMILES string of the molecule is C[C@H](C(=O)N[C@@H](CCO[C@H]1C[C@@H](CCc2ccc3c(n2)NCCC3)C1)C(=O)O)c1ccccc1. The number of carboxylic acids is 1. The Balaban J connectivity index is 1.14. The molecular weight excluding hydrogens is 430 g/mol. The minimum absolute atomic E-state index is 0.177. The van der Waals surface area contributed by atoms with Crippen molar-refractivity contribution in [2.45, 2.75) is 69.9 Å². The second kappa shape index (κ2) is 11.5. The number of aryl methyl sites for hydroxylation is 2. The van der Waals surface area contributed by atoms with Gasteiger partial charge in [0.1, 0.15) is 11.9 Å². The van der Waals surface area contributed by atoms with Gasteiger partial charge in [0.15, 0.2) is 0 Å². The van der Waals surface area contributed by atoms with Gasteiger partial charge in [-0.1, -0.05) is 36.4 Å². The van der Waals surface area contributed by atoms with E-state index in [1.54, 1.807) is 6.92 Å². The summed E-state index contributed by atoms with van der Waals surface area (Å²) in [5, 5.41) is 15.6. The van der Waals surface area contributed by atoms with Gasteiger partial charge in [-0.05, 0) is 68.6 Å². The van der Waals surface area contributed by atoms with Crippen LogP contribution in [-0.2, 0) is 27.2 Å². The highest BCUT2D eigenvalue weighted by Gasteiger charge is 2.30. The third kappa shape index (κ3) is 6.35. The number of aromatic nitrogens is 1. The fourth-order valence-electron chi connectivity index (χ4n) is 4.71. The molecule has 1 aromatic carbocycles. The van der Waals surface area contributed by atoms with E-state index in [-0.39, 0.29) is 18.4 Å². The van der Waals surface area contributed by atoms with Crippen molar-refractivity contribution in [1.82, 2.24) is 10.3 Å². The van der Waals surface area contributed by atoms with Crippen molar-refractivity contribution in [3.63, 3.8) is 0 Å². The Kier molecular flexibility index (Phi) is 8.16. The number of nitrogens with one attached hydrogen (secondary N) is 2. The number of nitrogens with zero attached hydrogens (tertiary/aromatic N) is 1. The summed E-state index contributed by atoms with van der Waals surface area (Å²) in [5.74, 6) is -0.0462. The molecule has 1 aliphatic heterocycles. The van der Waals surface area contributed by atoms with Gasteiger partial charge in [-0.15, -0.1) is 0 Å². The van der Waals surface area contributed by atoms with Gasteiger partial charge in [0.05, 0.1) is 12.0 Å². The molecule has 1 fully saturated rings. The highest BCUT2D eigenvalue weighted by Crippen LogP contribution is 2.34. The highest BCUT2D eigenvalue weighted by atomic mass is 16.5. The first kappa shape index (κ1) is 24.2. The molecule has 7 heteroatoms. The third-order valence-corrected chi connectivity index (χ3v) is 7.02. The smallest absolute Gasteiger partial charge is 0.326 e. The first-order chi connectivity index (χ1) is 16.5. The third-order valence-electron chi connectivity index (χ3n) is 7.02. The Morgan fingerprint density at radius 1 is 1.21 bits per heavy atom. The van der Waals surface area contributed by atoms with Gasteiger partial charge in [0.2, 0.25) is 5.91 Å². The van der Waals surface area contributed by atoms with Crippen LogP contribution in [0, 0.1) is 5.92 Å². The van der Waals surface area contributed by atoms with E-state index >= 15 is 0 Å². The lowest BCUT2D eigenvalue weighted by molar-refractivity contribution is -0.143. The number of benzene rings is 1. The van der Waals surface area contributed by atoms with E-state index < -0.39 is 17.9 Å². The van der Waals surface area contributed by atoms with Crippen LogP contribution in [0.1, 0.15) is 61.8 Å². The number of ether oxygens (including phenoxy) is 1. The topological polar surface area (TPSA) is 101 Å². The van der Waals surface area contributed by atoms with Crippen molar-refractivity contribution >= 4 is 17.7 Å². The zero-order valence-electron chi connectivity index (χ0n) is 19.8. The summed E-state index contributed by atoms with van der Waals surface area (Å²) < 4.78 is 5.90. The monoisotopic (exact) mass is 465 g/mol. The maximum Gasteiger partial charge on any atom is 0.326 e. The maximum atomic E-state index is 12.5. The van der Waals surface area contributed by atoms with Crippen LogP contribution >= 0.6 is 0 Å². The van der Waals surface area contributed by atoms with Crippen LogP contribution in [0.3, 0.4) is 0 Å². The highest BCUT2D eigenvalue weighted by molar-refractivity contribution is 5.87. The summed E-state index contributed by atoms with van der Waals surface area (Å²) in [5.41, 5.74) is 3.32. The second-order valence-corrected chi connectivity index (χ2v) is 9.53. The first-order valence-electron chi connectivity index (χ1n) is 12.4. The Labute approximate surface area is 201 Å². The van der Waals surface area contributed by atoms with Crippen LogP contribution in [0.15, 0.2) is 42.5 Å². The second-order valence-electron chi connectivity index (χ2n) is 9.53. The summed E-state index contributed by atoms with van der Waals surface area (Å²) in [6.45, 7) is 3.11. The fraction of sp³-hybridized carbons (Fsp3) is 0.519. The molecule has 1 amide bonds. The molecule has 0 spiro atoms. The predicted molar refractivity (Wildman–Crippen MR) is 131 cm³/mol. The molecular formula is C27H35N3O4. The molecule has 1 aromatic heterocycles. The number of amides is 1. The lowest BCUT2D eigenvalue weighted by atomic mass is 9.79. The molecule has 0 radical (unpaired) electrons. The van der Waals surface area contributed by atoms with Gasteiger partial charge < -0.3 is 20.5 Å². The Bertz CT molecular complexity index is 975. The predicted octanol–water partition coefficient (Wildman–Crippen LogP) is 3.93. The normalized spacial score (nSPS) is 20.9. The number of aliphatic carboxylic acids is 1. The van der Waals surface area contributed by atoms with Gasteiger partial charge in [0.25, 0.3) is 0 Å². The van der Waals surface area contributed by atoms with Crippen molar-refractivity contribution < 1.29 is 19.4 Å². The molecule has 4 rings (SSSR count). The van der Waals surface area contributed by atoms with Crippen LogP contribution in [0.25, 0.3) is 0 Å². The average molecular weight is 466 g/mol. The number of pyridine rings is 1. The van der Waals surface area contributed by atoms with E-state index in [0.29, 0.717) is 12.5 Å². The molecule has 0 bridgehead atoms. The number of carboxylic acid groups (broad SMARTS) is 1. The summed E-state index contributed by atoms with van der Waals surface area (Å²) in [7, 11) is 0. The van der Waals surface area contributed by atoms with E-state index in [4.69, 9.17) is 9.72 Å². The van der Waals surface area contributed by atoms with Gasteiger partial charge in [-0.3, -0.25) is 4.79 Å². The van der Waals surface area contributed by atoms with Crippen LogP contribution in [0.2, 0.25) is 0 Å². The molecule has 7 nitrogen and oxygen atoms in total. The average Bonchev–Trinajstić information content (AvgIpc) is 2.83. The number of carbonyl (C=O) groups is 2. The number of rotatable bonds is 11. The summed E-state index contributed by atoms with van der Waals surface area (Å²) in [6, 6.07) is 12.8. The standard InChI is InChI=1S/C27H35N3O4/c1-18(20-6-3-2-4-7-20)26(31)30-24(27(32)33)13-15-34-23-16-19(17-23)9-11-22-12-10-21-8-5-14-28-25(21)29-22/h2-4,6-7,10,12,18-19,23-24H,5,8-9,11,13-17H2,1H3,(H,28,29)(H,30,31)(H,32,33)/t18-,19-,23+,24-/m0/s1. The van der Waals surface area contributed by atoms with Gasteiger partial charge in [0, 0.05) is 25.3 Å². The molecule has 34 heavy (non-hydrogen) atoms. The maximum absolute atomic E-state index is 12.5. The molecule has 1 saturated carbocycles. The molecule has 2 aliphatic rings. The zero-order valence-corrected chi connectivity index (χ0v) is 19.8. The Morgan fingerprint density at radius 3 is 2.76 bits per heavy atom. The molecule has 2 atom stereocenters. The van der Waals surface area contributed by atoms with E-state index in [9.17, 15) is 14.7 Å². The number of carbonyl (C=O) groups excluding carboxylic acids is 1. The molecule has 182 valence electrons. The lowest BCUT2D eigenvalue weighted by Crippen LogP contribution is -2.43. The van der Waals surface area contributed by atoms with Crippen molar-refractivity contribution in [2.75, 3.05) is 18.5 Å². The minimum Gasteiger partial charge on any atom is -0.480 e. The molecule has 0 saturated heterocycles. The lowest BCUT2D eigenvalue weighted by Gasteiger charge is -2.35. The summed E-state index contributed by atoms with van der Waals surface area (Å²) in [6.07, 6.45) is 6.78. The molecule has 3 N–H and O–H groups in total. The van der Waals surface area contributed by atoms with Crippen LogP contribution in [0.5, 0.6) is 0 Å². The number of anilines is 1. The zero-order chi connectivity index (χ0) is 23.9. The first-order valence-corrected chi connectivity index (χ1v) is 12.4. The quantitative estimate of drug-likeness (QED) is 0.465. The summed E-state index contributed by atoms with van der Waals surface area (Å²) >= 11 is 0. The van der Waals surface area contributed by atoms with Crippen molar-refractivity contribution in [3.05, 3.63) is 59.3 Å². The molecule has 2 aromatic rings. The van der Waals surface area contributed by atoms with E-state index in [1.165, 1.54) is 12.0 Å². The van der Waals surface area contributed by atoms with Crippen LogP contribution < -0.4 is 10.6 Å². The summed E-state index contributed by atoms with van der Waals surface area (Å²) in [4.78, 5) is 28.9.